The van der Waals surface area contributed by atoms with Crippen molar-refractivity contribution in [2.45, 2.75) is 10.9 Å². The highest BCUT2D eigenvalue weighted by Crippen LogP contribution is 2.20. The molecule has 5 nitrogen and oxygen atoms in total. The van der Waals surface area contributed by atoms with Gasteiger partial charge in [-0.05, 0) is 17.7 Å². The molecule has 0 aliphatic rings. The number of hydrogen-bond acceptors (Lipinski definition) is 4. The number of nitrogens with one attached hydrogen (secondary N) is 1. The Hall–Kier alpha value is -1.34. The first-order valence-corrected chi connectivity index (χ1v) is 6.89. The Balaban J connectivity index is 2.18. The van der Waals surface area contributed by atoms with Crippen molar-refractivity contribution in [3.05, 3.63) is 55.0 Å². The molecule has 0 unspecified atom stereocenters. The first-order chi connectivity index (χ1) is 8.56. The molecule has 0 aliphatic heterocycles. The van der Waals surface area contributed by atoms with Gasteiger partial charge in [0.05, 0.1) is 0 Å². The Kier molecular flexibility index (Phi) is 4.03. The number of benzene rings is 1. The van der Waals surface area contributed by atoms with E-state index in [1.807, 2.05) is 24.3 Å². The zero-order valence-corrected chi connectivity index (χ0v) is 11.9. The van der Waals surface area contributed by atoms with E-state index < -0.39 is 11.1 Å². The van der Waals surface area contributed by atoms with Gasteiger partial charge in [-0.1, -0.05) is 39.8 Å². The van der Waals surface area contributed by atoms with Crippen LogP contribution < -0.4 is 11.1 Å². The third-order valence-electron chi connectivity index (χ3n) is 2.20. The molecular weight excluding hydrogens is 318 g/mol. The maximum absolute atomic E-state index is 11.2. The average molecular weight is 328 g/mol. The van der Waals surface area contributed by atoms with Crippen molar-refractivity contribution in [1.82, 2.24) is 14.8 Å². The Bertz CT molecular complexity index is 680. The molecule has 94 valence electrons. The fourth-order valence-corrected chi connectivity index (χ4v) is 2.67. The predicted octanol–water partition coefficient (Wildman–Crippen LogP) is 1.52. The Morgan fingerprint density at radius 2 is 2.22 bits per heavy atom. The summed E-state index contributed by atoms with van der Waals surface area (Å²) in [5.74, 6) is 0.672. The lowest BCUT2D eigenvalue weighted by atomic mass is 10.2. The summed E-state index contributed by atoms with van der Waals surface area (Å²) >= 11 is 4.79. The van der Waals surface area contributed by atoms with E-state index in [1.165, 1.54) is 16.4 Å². The minimum Gasteiger partial charge on any atom is -0.265 e. The van der Waals surface area contributed by atoms with Gasteiger partial charge in [0.25, 0.3) is 0 Å². The van der Waals surface area contributed by atoms with Gasteiger partial charge in [0.2, 0.25) is 0 Å². The van der Waals surface area contributed by atoms with E-state index in [4.69, 9.17) is 0 Å². The molecule has 2 rings (SSSR count). The van der Waals surface area contributed by atoms with E-state index in [-0.39, 0.29) is 0 Å². The highest BCUT2D eigenvalue weighted by Gasteiger charge is 2.05. The molecule has 0 bridgehead atoms. The van der Waals surface area contributed by atoms with Gasteiger partial charge in [-0.2, -0.15) is 4.98 Å². The van der Waals surface area contributed by atoms with Crippen LogP contribution in [0.3, 0.4) is 0 Å². The number of rotatable bonds is 3. The molecule has 1 aromatic heterocycles. The SMILES string of the molecule is Cn1[nH]c(=O)c(=O)nc1SCc1cccc(Br)c1. The highest BCUT2D eigenvalue weighted by molar-refractivity contribution is 9.10. The van der Waals surface area contributed by atoms with Crippen LogP contribution in [0.5, 0.6) is 0 Å². The van der Waals surface area contributed by atoms with Crippen molar-refractivity contribution >= 4 is 27.7 Å². The topological polar surface area (TPSA) is 67.8 Å². The number of hydrogen-bond donors (Lipinski definition) is 1. The highest BCUT2D eigenvalue weighted by atomic mass is 79.9. The van der Waals surface area contributed by atoms with Crippen LogP contribution in [-0.2, 0) is 12.8 Å². The molecule has 1 heterocycles. The summed E-state index contributed by atoms with van der Waals surface area (Å²) < 4.78 is 2.45. The fraction of sp³-hybridized carbons (Fsp3) is 0.182. The normalized spacial score (nSPS) is 10.6. The summed E-state index contributed by atoms with van der Waals surface area (Å²) in [5.41, 5.74) is -0.357. The van der Waals surface area contributed by atoms with Crippen molar-refractivity contribution in [2.75, 3.05) is 0 Å². The van der Waals surface area contributed by atoms with Gasteiger partial charge in [0, 0.05) is 17.3 Å². The number of thioether (sulfide) groups is 1. The molecule has 0 radical (unpaired) electrons. The molecule has 0 spiro atoms. The minimum atomic E-state index is -0.759. The number of aryl methyl sites for hydroxylation is 1. The summed E-state index contributed by atoms with van der Waals surface area (Å²) in [5, 5.41) is 2.90. The van der Waals surface area contributed by atoms with Crippen LogP contribution >= 0.6 is 27.7 Å². The van der Waals surface area contributed by atoms with E-state index in [2.05, 4.69) is 26.0 Å². The predicted molar refractivity (Wildman–Crippen MR) is 73.8 cm³/mol. The van der Waals surface area contributed by atoms with Gasteiger partial charge in [0.15, 0.2) is 5.16 Å². The van der Waals surface area contributed by atoms with Gasteiger partial charge in [-0.25, -0.2) is 0 Å². The first kappa shape index (κ1) is 13.1. The van der Waals surface area contributed by atoms with Crippen molar-refractivity contribution in [2.24, 2.45) is 7.05 Å². The third-order valence-corrected chi connectivity index (χ3v) is 3.80. The molecule has 0 fully saturated rings. The van der Waals surface area contributed by atoms with E-state index in [0.717, 1.165) is 10.0 Å². The first-order valence-electron chi connectivity index (χ1n) is 5.11. The monoisotopic (exact) mass is 327 g/mol. The van der Waals surface area contributed by atoms with E-state index in [0.29, 0.717) is 10.9 Å². The second-order valence-corrected chi connectivity index (χ2v) is 5.48. The fourth-order valence-electron chi connectivity index (χ4n) is 1.36. The second-order valence-electron chi connectivity index (χ2n) is 3.62. The van der Waals surface area contributed by atoms with Gasteiger partial charge in [-0.3, -0.25) is 19.4 Å². The summed E-state index contributed by atoms with van der Waals surface area (Å²) in [4.78, 5) is 25.9. The lowest BCUT2D eigenvalue weighted by Gasteiger charge is -2.05. The van der Waals surface area contributed by atoms with Crippen LogP contribution in [0.2, 0.25) is 0 Å². The molecule has 1 N–H and O–H groups in total. The van der Waals surface area contributed by atoms with Crippen molar-refractivity contribution < 1.29 is 0 Å². The molecule has 1 aromatic carbocycles. The maximum atomic E-state index is 11.2. The number of aromatic nitrogens is 3. The maximum Gasteiger partial charge on any atom is 0.339 e. The molecule has 0 atom stereocenters. The quantitative estimate of drug-likeness (QED) is 0.685. The van der Waals surface area contributed by atoms with Crippen molar-refractivity contribution in [3.8, 4) is 0 Å². The molecule has 0 saturated heterocycles. The second kappa shape index (κ2) is 5.53. The Labute approximate surface area is 115 Å². The largest absolute Gasteiger partial charge is 0.339 e. The van der Waals surface area contributed by atoms with Crippen molar-refractivity contribution in [3.63, 3.8) is 0 Å². The van der Waals surface area contributed by atoms with Crippen LogP contribution in [0.1, 0.15) is 5.56 Å². The summed E-state index contributed by atoms with van der Waals surface area (Å²) in [6, 6.07) is 7.87. The minimum absolute atomic E-state index is 0.486. The zero-order chi connectivity index (χ0) is 13.1. The van der Waals surface area contributed by atoms with Gasteiger partial charge in [-0.15, -0.1) is 0 Å². The average Bonchev–Trinajstić information content (AvgIpc) is 2.32. The van der Waals surface area contributed by atoms with Gasteiger partial charge < -0.3 is 0 Å². The number of halogens is 1. The lowest BCUT2D eigenvalue weighted by molar-refractivity contribution is 0.596. The summed E-state index contributed by atoms with van der Waals surface area (Å²) in [7, 11) is 1.65. The summed E-state index contributed by atoms with van der Waals surface area (Å²) in [6.07, 6.45) is 0. The smallest absolute Gasteiger partial charge is 0.265 e. The number of H-pyrrole nitrogens is 1. The number of aromatic amines is 1. The lowest BCUT2D eigenvalue weighted by Crippen LogP contribution is -2.33. The van der Waals surface area contributed by atoms with E-state index in [9.17, 15) is 9.59 Å². The molecule has 2 aromatic rings. The van der Waals surface area contributed by atoms with Gasteiger partial charge >= 0.3 is 11.1 Å². The van der Waals surface area contributed by atoms with Crippen LogP contribution in [0.4, 0.5) is 0 Å². The molecule has 7 heteroatoms. The number of nitrogens with zero attached hydrogens (tertiary/aromatic N) is 2. The third kappa shape index (κ3) is 3.11. The Morgan fingerprint density at radius 1 is 1.44 bits per heavy atom. The zero-order valence-electron chi connectivity index (χ0n) is 9.51. The van der Waals surface area contributed by atoms with E-state index in [1.54, 1.807) is 7.05 Å². The van der Waals surface area contributed by atoms with Crippen LogP contribution in [0.15, 0.2) is 43.5 Å². The van der Waals surface area contributed by atoms with Crippen molar-refractivity contribution in [1.29, 1.82) is 0 Å². The Morgan fingerprint density at radius 3 is 2.94 bits per heavy atom. The molecule has 18 heavy (non-hydrogen) atoms. The standard InChI is InChI=1S/C11H10BrN3O2S/c1-15-11(13-9(16)10(17)14-15)18-6-7-3-2-4-8(12)5-7/h2-5H,6H2,1H3,(H,14,17). The molecular formula is C11H10BrN3O2S. The van der Waals surface area contributed by atoms with Crippen LogP contribution in [0.25, 0.3) is 0 Å². The van der Waals surface area contributed by atoms with Crippen LogP contribution in [-0.4, -0.2) is 14.8 Å². The van der Waals surface area contributed by atoms with Crippen LogP contribution in [0, 0.1) is 0 Å². The summed E-state index contributed by atoms with van der Waals surface area (Å²) in [6.45, 7) is 0. The molecule has 0 aliphatic carbocycles. The molecule has 0 saturated carbocycles. The molecule has 0 amide bonds. The van der Waals surface area contributed by atoms with Gasteiger partial charge in [0.1, 0.15) is 0 Å². The van der Waals surface area contributed by atoms with E-state index >= 15 is 0 Å².